The van der Waals surface area contributed by atoms with E-state index in [9.17, 15) is 13.2 Å². The standard InChI is InChI=1S/C9H6F3N3S/c10-9(11,12)6-3-14-2-1-5(6)7-4-16-8(13)15-7/h1-4H,(H2,13,15). The number of anilines is 1. The zero-order chi connectivity index (χ0) is 11.8. The monoisotopic (exact) mass is 245 g/mol. The Morgan fingerprint density at radius 1 is 1.31 bits per heavy atom. The molecule has 16 heavy (non-hydrogen) atoms. The summed E-state index contributed by atoms with van der Waals surface area (Å²) in [5.41, 5.74) is 4.80. The van der Waals surface area contributed by atoms with Crippen molar-refractivity contribution < 1.29 is 13.2 Å². The molecule has 3 nitrogen and oxygen atoms in total. The molecular weight excluding hydrogens is 239 g/mol. The van der Waals surface area contributed by atoms with Crippen molar-refractivity contribution in [3.63, 3.8) is 0 Å². The molecule has 2 N–H and O–H groups in total. The molecule has 0 aromatic carbocycles. The molecule has 2 aromatic rings. The number of pyridine rings is 1. The number of nitrogens with two attached hydrogens (primary N) is 1. The van der Waals surface area contributed by atoms with Gasteiger partial charge in [0.05, 0.1) is 11.3 Å². The van der Waals surface area contributed by atoms with Gasteiger partial charge in [-0.05, 0) is 6.07 Å². The fraction of sp³-hybridized carbons (Fsp3) is 0.111. The maximum Gasteiger partial charge on any atom is 0.418 e. The van der Waals surface area contributed by atoms with Gasteiger partial charge in [0.15, 0.2) is 5.13 Å². The second kappa shape index (κ2) is 3.75. The van der Waals surface area contributed by atoms with Crippen LogP contribution in [-0.4, -0.2) is 9.97 Å². The minimum absolute atomic E-state index is 0.00421. The van der Waals surface area contributed by atoms with Gasteiger partial charge < -0.3 is 5.73 Å². The Bertz CT molecular complexity index is 507. The number of nitrogen functional groups attached to an aromatic ring is 1. The summed E-state index contributed by atoms with van der Waals surface area (Å²) in [6.45, 7) is 0. The van der Waals surface area contributed by atoms with E-state index >= 15 is 0 Å². The minimum atomic E-state index is -4.44. The van der Waals surface area contributed by atoms with E-state index in [2.05, 4.69) is 9.97 Å². The molecule has 0 aliphatic heterocycles. The van der Waals surface area contributed by atoms with E-state index in [1.807, 2.05) is 0 Å². The Balaban J connectivity index is 2.57. The third kappa shape index (κ3) is 1.99. The molecule has 0 atom stereocenters. The van der Waals surface area contributed by atoms with Crippen LogP contribution in [0.1, 0.15) is 5.56 Å². The van der Waals surface area contributed by atoms with E-state index in [4.69, 9.17) is 5.73 Å². The molecule has 2 aromatic heterocycles. The molecule has 0 aliphatic carbocycles. The number of hydrogen-bond acceptors (Lipinski definition) is 4. The summed E-state index contributed by atoms with van der Waals surface area (Å²) in [5, 5.41) is 1.72. The van der Waals surface area contributed by atoms with E-state index in [0.717, 1.165) is 17.5 Å². The topological polar surface area (TPSA) is 51.8 Å². The van der Waals surface area contributed by atoms with E-state index in [1.54, 1.807) is 0 Å². The predicted molar refractivity (Wildman–Crippen MR) is 54.8 cm³/mol. The highest BCUT2D eigenvalue weighted by atomic mass is 32.1. The van der Waals surface area contributed by atoms with Gasteiger partial charge in [0.1, 0.15) is 0 Å². The van der Waals surface area contributed by atoms with Crippen LogP contribution in [0.15, 0.2) is 23.8 Å². The van der Waals surface area contributed by atoms with Crippen molar-refractivity contribution in [2.75, 3.05) is 5.73 Å². The van der Waals surface area contributed by atoms with Crippen molar-refractivity contribution in [2.45, 2.75) is 6.18 Å². The summed E-state index contributed by atoms with van der Waals surface area (Å²) in [4.78, 5) is 7.29. The maximum absolute atomic E-state index is 12.6. The molecule has 0 spiro atoms. The van der Waals surface area contributed by atoms with Gasteiger partial charge in [-0.25, -0.2) is 4.98 Å². The zero-order valence-electron chi connectivity index (χ0n) is 7.82. The lowest BCUT2D eigenvalue weighted by Gasteiger charge is -2.09. The van der Waals surface area contributed by atoms with Crippen LogP contribution in [0.25, 0.3) is 11.3 Å². The van der Waals surface area contributed by atoms with Crippen molar-refractivity contribution in [2.24, 2.45) is 0 Å². The van der Waals surface area contributed by atoms with Crippen LogP contribution in [0.3, 0.4) is 0 Å². The summed E-state index contributed by atoms with van der Waals surface area (Å²) in [7, 11) is 0. The van der Waals surface area contributed by atoms with Gasteiger partial charge in [-0.2, -0.15) is 13.2 Å². The predicted octanol–water partition coefficient (Wildman–Crippen LogP) is 2.81. The Labute approximate surface area is 92.8 Å². The smallest absolute Gasteiger partial charge is 0.375 e. The average molecular weight is 245 g/mol. The molecule has 0 unspecified atom stereocenters. The van der Waals surface area contributed by atoms with E-state index in [1.165, 1.54) is 17.6 Å². The number of aromatic nitrogens is 2. The summed E-state index contributed by atoms with van der Waals surface area (Å²) in [6.07, 6.45) is -2.37. The highest BCUT2D eigenvalue weighted by molar-refractivity contribution is 7.13. The molecule has 0 radical (unpaired) electrons. The van der Waals surface area contributed by atoms with Gasteiger partial charge in [-0.3, -0.25) is 4.98 Å². The van der Waals surface area contributed by atoms with Gasteiger partial charge in [0.25, 0.3) is 0 Å². The summed E-state index contributed by atoms with van der Waals surface area (Å²) in [6, 6.07) is 1.28. The van der Waals surface area contributed by atoms with Crippen LogP contribution in [0, 0.1) is 0 Å². The molecule has 0 fully saturated rings. The van der Waals surface area contributed by atoms with Gasteiger partial charge in [-0.15, -0.1) is 11.3 Å². The average Bonchev–Trinajstić information content (AvgIpc) is 2.64. The lowest BCUT2D eigenvalue weighted by molar-refractivity contribution is -0.137. The first kappa shape index (κ1) is 10.9. The molecule has 7 heteroatoms. The van der Waals surface area contributed by atoms with Crippen LogP contribution in [-0.2, 0) is 6.18 Å². The van der Waals surface area contributed by atoms with Crippen LogP contribution in [0.5, 0.6) is 0 Å². The molecule has 2 heterocycles. The van der Waals surface area contributed by atoms with Gasteiger partial charge in [0.2, 0.25) is 0 Å². The first-order chi connectivity index (χ1) is 7.48. The van der Waals surface area contributed by atoms with E-state index in [0.29, 0.717) is 0 Å². The number of nitrogens with zero attached hydrogens (tertiary/aromatic N) is 2. The Kier molecular flexibility index (Phi) is 2.55. The highest BCUT2D eigenvalue weighted by Crippen LogP contribution is 2.36. The third-order valence-corrected chi connectivity index (χ3v) is 2.60. The molecule has 0 saturated heterocycles. The number of hydrogen-bond donors (Lipinski definition) is 1. The van der Waals surface area contributed by atoms with Gasteiger partial charge in [0, 0.05) is 23.3 Å². The second-order valence-corrected chi connectivity index (χ2v) is 3.88. The Morgan fingerprint density at radius 2 is 2.06 bits per heavy atom. The second-order valence-electron chi connectivity index (χ2n) is 2.99. The molecule has 0 bridgehead atoms. The van der Waals surface area contributed by atoms with Gasteiger partial charge >= 0.3 is 6.18 Å². The number of halogens is 3. The lowest BCUT2D eigenvalue weighted by Crippen LogP contribution is -2.07. The first-order valence-corrected chi connectivity index (χ1v) is 5.09. The third-order valence-electron chi connectivity index (χ3n) is 1.92. The minimum Gasteiger partial charge on any atom is -0.375 e. The van der Waals surface area contributed by atoms with E-state index in [-0.39, 0.29) is 16.4 Å². The van der Waals surface area contributed by atoms with Crippen molar-refractivity contribution in [3.8, 4) is 11.3 Å². The van der Waals surface area contributed by atoms with E-state index < -0.39 is 11.7 Å². The van der Waals surface area contributed by atoms with Crippen LogP contribution >= 0.6 is 11.3 Å². The largest absolute Gasteiger partial charge is 0.418 e. The van der Waals surface area contributed by atoms with Crippen molar-refractivity contribution in [1.29, 1.82) is 0 Å². The SMILES string of the molecule is Nc1nc(-c2ccncc2C(F)(F)F)cs1. The van der Waals surface area contributed by atoms with Crippen LogP contribution < -0.4 is 5.73 Å². The zero-order valence-corrected chi connectivity index (χ0v) is 8.64. The van der Waals surface area contributed by atoms with Crippen molar-refractivity contribution in [3.05, 3.63) is 29.4 Å². The molecule has 2 rings (SSSR count). The number of rotatable bonds is 1. The number of alkyl halides is 3. The van der Waals surface area contributed by atoms with Crippen LogP contribution in [0.4, 0.5) is 18.3 Å². The number of thiazole rings is 1. The summed E-state index contributed by atoms with van der Waals surface area (Å²) < 4.78 is 37.9. The quantitative estimate of drug-likeness (QED) is 0.840. The molecule has 0 amide bonds. The van der Waals surface area contributed by atoms with Crippen molar-refractivity contribution >= 4 is 16.5 Å². The van der Waals surface area contributed by atoms with Crippen molar-refractivity contribution in [1.82, 2.24) is 9.97 Å². The Hall–Kier alpha value is -1.63. The molecular formula is C9H6F3N3S. The summed E-state index contributed by atoms with van der Waals surface area (Å²) in [5.74, 6) is 0. The normalized spacial score (nSPS) is 11.7. The fourth-order valence-electron chi connectivity index (χ4n) is 1.26. The van der Waals surface area contributed by atoms with Gasteiger partial charge in [-0.1, -0.05) is 0 Å². The Morgan fingerprint density at radius 3 is 2.62 bits per heavy atom. The molecule has 84 valence electrons. The highest BCUT2D eigenvalue weighted by Gasteiger charge is 2.34. The molecule has 0 saturated carbocycles. The molecule has 0 aliphatic rings. The maximum atomic E-state index is 12.6. The van der Waals surface area contributed by atoms with Crippen LogP contribution in [0.2, 0.25) is 0 Å². The first-order valence-electron chi connectivity index (χ1n) is 4.21. The lowest BCUT2D eigenvalue weighted by atomic mass is 10.1. The summed E-state index contributed by atoms with van der Waals surface area (Å²) >= 11 is 1.10. The fourth-order valence-corrected chi connectivity index (χ4v) is 1.82.